The lowest BCUT2D eigenvalue weighted by Crippen LogP contribution is -2.24. The normalized spacial score (nSPS) is 10.1. The molecule has 1 heterocycles. The smallest absolute Gasteiger partial charge is 0.251 e. The Bertz CT molecular complexity index is 369. The molecule has 0 aliphatic heterocycles. The fraction of sp³-hybridized carbons (Fsp3) is 0.538. The second-order valence-corrected chi connectivity index (χ2v) is 3.96. The van der Waals surface area contributed by atoms with Crippen LogP contribution in [0.5, 0.6) is 0 Å². The minimum absolute atomic E-state index is 0.0550. The molecule has 0 aliphatic carbocycles. The van der Waals surface area contributed by atoms with E-state index in [1.54, 1.807) is 25.4 Å². The van der Waals surface area contributed by atoms with Gasteiger partial charge in [0.2, 0.25) is 0 Å². The van der Waals surface area contributed by atoms with Crippen molar-refractivity contribution in [3.05, 3.63) is 23.9 Å². The second kappa shape index (κ2) is 8.47. The van der Waals surface area contributed by atoms with Gasteiger partial charge in [-0.3, -0.25) is 4.79 Å². The van der Waals surface area contributed by atoms with Gasteiger partial charge in [0, 0.05) is 32.0 Å². The first-order chi connectivity index (χ1) is 8.77. The number of carbonyl (C=O) groups excluding carboxylic acids is 1. The fourth-order valence-corrected chi connectivity index (χ4v) is 1.43. The van der Waals surface area contributed by atoms with Gasteiger partial charge in [0.1, 0.15) is 5.82 Å². The maximum absolute atomic E-state index is 11.8. The van der Waals surface area contributed by atoms with Gasteiger partial charge in [-0.25, -0.2) is 4.98 Å². The van der Waals surface area contributed by atoms with Crippen LogP contribution in [0.4, 0.5) is 5.82 Å². The van der Waals surface area contributed by atoms with Gasteiger partial charge < -0.3 is 15.4 Å². The molecule has 0 bridgehead atoms. The van der Waals surface area contributed by atoms with E-state index in [1.807, 2.05) is 0 Å². The first-order valence-electron chi connectivity index (χ1n) is 6.25. The lowest BCUT2D eigenvalue weighted by Gasteiger charge is -2.07. The minimum atomic E-state index is -0.0550. The van der Waals surface area contributed by atoms with Crippen molar-refractivity contribution in [1.29, 1.82) is 0 Å². The van der Waals surface area contributed by atoms with Crippen LogP contribution in [-0.4, -0.2) is 37.7 Å². The Morgan fingerprint density at radius 1 is 1.44 bits per heavy atom. The van der Waals surface area contributed by atoms with E-state index in [9.17, 15) is 4.79 Å². The summed E-state index contributed by atoms with van der Waals surface area (Å²) in [6.45, 7) is 4.08. The summed E-state index contributed by atoms with van der Waals surface area (Å²) in [5, 5.41) is 5.97. The summed E-state index contributed by atoms with van der Waals surface area (Å²) < 4.78 is 4.94. The average Bonchev–Trinajstić information content (AvgIpc) is 2.39. The molecule has 0 unspecified atom stereocenters. The number of hydrogen-bond donors (Lipinski definition) is 2. The van der Waals surface area contributed by atoms with Gasteiger partial charge in [0.15, 0.2) is 0 Å². The van der Waals surface area contributed by atoms with Crippen LogP contribution in [0, 0.1) is 0 Å². The van der Waals surface area contributed by atoms with Crippen LogP contribution < -0.4 is 10.6 Å². The largest absolute Gasteiger partial charge is 0.383 e. The quantitative estimate of drug-likeness (QED) is 0.690. The lowest BCUT2D eigenvalue weighted by atomic mass is 10.2. The molecule has 0 aromatic carbocycles. The first kappa shape index (κ1) is 14.4. The molecule has 1 aromatic heterocycles. The second-order valence-electron chi connectivity index (χ2n) is 3.96. The third kappa shape index (κ3) is 5.14. The Labute approximate surface area is 108 Å². The summed E-state index contributed by atoms with van der Waals surface area (Å²) in [5.74, 6) is 0.635. The van der Waals surface area contributed by atoms with Crippen LogP contribution >= 0.6 is 0 Å². The highest BCUT2D eigenvalue weighted by Crippen LogP contribution is 2.06. The van der Waals surface area contributed by atoms with Gasteiger partial charge >= 0.3 is 0 Å². The van der Waals surface area contributed by atoms with E-state index in [4.69, 9.17) is 4.74 Å². The maximum atomic E-state index is 11.8. The molecule has 0 fully saturated rings. The third-order valence-corrected chi connectivity index (χ3v) is 2.45. The van der Waals surface area contributed by atoms with E-state index in [1.165, 1.54) is 0 Å². The van der Waals surface area contributed by atoms with Crippen molar-refractivity contribution in [3.63, 3.8) is 0 Å². The molecular formula is C13H21N3O2. The lowest BCUT2D eigenvalue weighted by molar-refractivity contribution is 0.0953. The zero-order chi connectivity index (χ0) is 13.2. The number of unbranched alkanes of at least 4 members (excludes halogenated alkanes) is 1. The molecule has 2 N–H and O–H groups in total. The monoisotopic (exact) mass is 251 g/mol. The molecule has 5 nitrogen and oxygen atoms in total. The molecule has 0 saturated heterocycles. The van der Waals surface area contributed by atoms with Gasteiger partial charge in [-0.2, -0.15) is 0 Å². The maximum Gasteiger partial charge on any atom is 0.251 e. The number of hydrogen-bond acceptors (Lipinski definition) is 4. The molecular weight excluding hydrogens is 230 g/mol. The molecule has 0 atom stereocenters. The van der Waals surface area contributed by atoms with Crippen molar-refractivity contribution in [2.24, 2.45) is 0 Å². The zero-order valence-corrected chi connectivity index (χ0v) is 11.0. The predicted molar refractivity (Wildman–Crippen MR) is 71.8 cm³/mol. The van der Waals surface area contributed by atoms with Crippen LogP contribution in [0.3, 0.4) is 0 Å². The Hall–Kier alpha value is -1.62. The van der Waals surface area contributed by atoms with Gasteiger partial charge in [-0.05, 0) is 18.6 Å². The standard InChI is InChI=1S/C13H21N3O2/c1-3-4-6-16-13(17)11-5-7-14-12(10-11)15-8-9-18-2/h5,7,10H,3-4,6,8-9H2,1-2H3,(H,14,15)(H,16,17). The molecule has 0 aliphatic rings. The van der Waals surface area contributed by atoms with Crippen LogP contribution in [0.15, 0.2) is 18.3 Å². The van der Waals surface area contributed by atoms with Gasteiger partial charge in [0.05, 0.1) is 6.61 Å². The van der Waals surface area contributed by atoms with E-state index in [2.05, 4.69) is 22.5 Å². The summed E-state index contributed by atoms with van der Waals surface area (Å²) in [4.78, 5) is 16.0. The predicted octanol–water partition coefficient (Wildman–Crippen LogP) is 1.67. The number of methoxy groups -OCH3 is 1. The average molecular weight is 251 g/mol. The highest BCUT2D eigenvalue weighted by Gasteiger charge is 2.05. The van der Waals surface area contributed by atoms with E-state index >= 15 is 0 Å². The number of pyridine rings is 1. The zero-order valence-electron chi connectivity index (χ0n) is 11.0. The molecule has 0 saturated carbocycles. The van der Waals surface area contributed by atoms with Crippen molar-refractivity contribution in [1.82, 2.24) is 10.3 Å². The number of ether oxygens (including phenoxy) is 1. The van der Waals surface area contributed by atoms with E-state index in [0.717, 1.165) is 12.8 Å². The summed E-state index contributed by atoms with van der Waals surface area (Å²) in [7, 11) is 1.65. The van der Waals surface area contributed by atoms with Crippen molar-refractivity contribution >= 4 is 11.7 Å². The van der Waals surface area contributed by atoms with Gasteiger partial charge in [-0.1, -0.05) is 13.3 Å². The SMILES string of the molecule is CCCCNC(=O)c1ccnc(NCCOC)c1. The number of anilines is 1. The number of nitrogens with one attached hydrogen (secondary N) is 2. The van der Waals surface area contributed by atoms with Crippen molar-refractivity contribution in [2.75, 3.05) is 32.1 Å². The van der Waals surface area contributed by atoms with Crippen LogP contribution in [0.2, 0.25) is 0 Å². The molecule has 1 rings (SSSR count). The van der Waals surface area contributed by atoms with Crippen molar-refractivity contribution in [3.8, 4) is 0 Å². The summed E-state index contributed by atoms with van der Waals surface area (Å²) in [5.41, 5.74) is 0.626. The van der Waals surface area contributed by atoms with Crippen LogP contribution in [0.1, 0.15) is 30.1 Å². The van der Waals surface area contributed by atoms with Crippen LogP contribution in [-0.2, 0) is 4.74 Å². The van der Waals surface area contributed by atoms with E-state index in [-0.39, 0.29) is 5.91 Å². The number of nitrogens with zero attached hydrogens (tertiary/aromatic N) is 1. The number of aromatic nitrogens is 1. The number of rotatable bonds is 8. The number of amides is 1. The highest BCUT2D eigenvalue weighted by molar-refractivity contribution is 5.94. The summed E-state index contributed by atoms with van der Waals surface area (Å²) in [6.07, 6.45) is 3.69. The summed E-state index contributed by atoms with van der Waals surface area (Å²) >= 11 is 0. The number of carbonyl (C=O) groups is 1. The highest BCUT2D eigenvalue weighted by atomic mass is 16.5. The first-order valence-corrected chi connectivity index (χ1v) is 6.25. The van der Waals surface area contributed by atoms with E-state index in [0.29, 0.717) is 31.1 Å². The van der Waals surface area contributed by atoms with Gasteiger partial charge in [-0.15, -0.1) is 0 Å². The molecule has 0 radical (unpaired) electrons. The fourth-order valence-electron chi connectivity index (χ4n) is 1.43. The summed E-state index contributed by atoms with van der Waals surface area (Å²) in [6, 6.07) is 3.46. The Balaban J connectivity index is 2.49. The molecule has 0 spiro atoms. The van der Waals surface area contributed by atoms with Gasteiger partial charge in [0.25, 0.3) is 5.91 Å². The Morgan fingerprint density at radius 3 is 3.00 bits per heavy atom. The molecule has 18 heavy (non-hydrogen) atoms. The Kier molecular flexibility index (Phi) is 6.79. The van der Waals surface area contributed by atoms with Crippen LogP contribution in [0.25, 0.3) is 0 Å². The molecule has 100 valence electrons. The van der Waals surface area contributed by atoms with Crippen molar-refractivity contribution in [2.45, 2.75) is 19.8 Å². The topological polar surface area (TPSA) is 63.2 Å². The van der Waals surface area contributed by atoms with Crippen molar-refractivity contribution < 1.29 is 9.53 Å². The third-order valence-electron chi connectivity index (χ3n) is 2.45. The van der Waals surface area contributed by atoms with E-state index < -0.39 is 0 Å². The molecule has 1 amide bonds. The molecule has 5 heteroatoms. The Morgan fingerprint density at radius 2 is 2.28 bits per heavy atom. The molecule has 1 aromatic rings. The minimum Gasteiger partial charge on any atom is -0.383 e.